The lowest BCUT2D eigenvalue weighted by molar-refractivity contribution is 0.602. The maximum absolute atomic E-state index is 12.7. The Morgan fingerprint density at radius 1 is 0.864 bits per heavy atom. The average Bonchev–Trinajstić information content (AvgIpc) is 2.49. The van der Waals surface area contributed by atoms with Crippen molar-refractivity contribution in [1.82, 2.24) is 0 Å². The maximum Gasteiger partial charge on any atom is 0.262 e. The quantitative estimate of drug-likeness (QED) is 0.715. The third kappa shape index (κ3) is 2.61. The first-order chi connectivity index (χ1) is 10.5. The second kappa shape index (κ2) is 5.51. The number of fused-ring (bicyclic) bond motifs is 1. The molecule has 0 bridgehead atoms. The SMILES string of the molecule is Nc1ccccc1NS(=O)(=O)c1cccc2c(Cl)cccc12. The molecule has 0 aliphatic heterocycles. The molecule has 3 N–H and O–H groups in total. The lowest BCUT2D eigenvalue weighted by Crippen LogP contribution is -2.14. The Hall–Kier alpha value is -2.24. The van der Waals surface area contributed by atoms with Crippen LogP contribution in [0, 0.1) is 0 Å². The summed E-state index contributed by atoms with van der Waals surface area (Å²) >= 11 is 6.13. The smallest absolute Gasteiger partial charge is 0.262 e. The van der Waals surface area contributed by atoms with Gasteiger partial charge in [0.25, 0.3) is 10.0 Å². The van der Waals surface area contributed by atoms with E-state index in [0.29, 0.717) is 27.2 Å². The summed E-state index contributed by atoms with van der Waals surface area (Å²) in [6.45, 7) is 0. The second-order valence-electron chi connectivity index (χ2n) is 4.78. The van der Waals surface area contributed by atoms with Crippen molar-refractivity contribution in [2.45, 2.75) is 4.90 Å². The minimum atomic E-state index is -3.77. The molecule has 0 atom stereocenters. The molecule has 0 heterocycles. The molecule has 0 saturated carbocycles. The Morgan fingerprint density at radius 2 is 1.55 bits per heavy atom. The molecule has 3 aromatic carbocycles. The first-order valence-electron chi connectivity index (χ1n) is 6.53. The molecule has 0 aliphatic rings. The number of nitrogens with one attached hydrogen (secondary N) is 1. The molecule has 4 nitrogen and oxygen atoms in total. The molecule has 0 aliphatic carbocycles. The number of hydrogen-bond donors (Lipinski definition) is 2. The van der Waals surface area contributed by atoms with Crippen LogP contribution in [-0.4, -0.2) is 8.42 Å². The van der Waals surface area contributed by atoms with Gasteiger partial charge in [-0.15, -0.1) is 0 Å². The van der Waals surface area contributed by atoms with Crippen molar-refractivity contribution in [2.24, 2.45) is 0 Å². The molecule has 22 heavy (non-hydrogen) atoms. The van der Waals surface area contributed by atoms with E-state index in [2.05, 4.69) is 4.72 Å². The standard InChI is InChI=1S/C16H13ClN2O2S/c17-13-7-3-6-12-11(13)5-4-10-16(12)22(20,21)19-15-9-2-1-8-14(15)18/h1-10,19H,18H2. The third-order valence-corrected chi connectivity index (χ3v) is 5.08. The van der Waals surface area contributed by atoms with Gasteiger partial charge in [0, 0.05) is 15.8 Å². The third-order valence-electron chi connectivity index (χ3n) is 3.32. The van der Waals surface area contributed by atoms with Crippen LogP contribution in [-0.2, 0) is 10.0 Å². The lowest BCUT2D eigenvalue weighted by atomic mass is 10.1. The molecule has 0 saturated heterocycles. The van der Waals surface area contributed by atoms with Gasteiger partial charge in [0.1, 0.15) is 0 Å². The van der Waals surface area contributed by atoms with Gasteiger partial charge in [0.05, 0.1) is 16.3 Å². The normalized spacial score (nSPS) is 11.5. The minimum Gasteiger partial charge on any atom is -0.397 e. The van der Waals surface area contributed by atoms with Crippen molar-refractivity contribution in [3.8, 4) is 0 Å². The molecule has 0 fully saturated rings. The van der Waals surface area contributed by atoms with Crippen LogP contribution in [0.15, 0.2) is 65.6 Å². The largest absolute Gasteiger partial charge is 0.397 e. The van der Waals surface area contributed by atoms with Gasteiger partial charge >= 0.3 is 0 Å². The van der Waals surface area contributed by atoms with Crippen molar-refractivity contribution in [3.63, 3.8) is 0 Å². The van der Waals surface area contributed by atoms with Gasteiger partial charge in [0.15, 0.2) is 0 Å². The van der Waals surface area contributed by atoms with Gasteiger partial charge in [-0.3, -0.25) is 4.72 Å². The van der Waals surface area contributed by atoms with E-state index in [1.54, 1.807) is 60.7 Å². The number of anilines is 2. The highest BCUT2D eigenvalue weighted by Crippen LogP contribution is 2.30. The lowest BCUT2D eigenvalue weighted by Gasteiger charge is -2.12. The van der Waals surface area contributed by atoms with Crippen LogP contribution < -0.4 is 10.5 Å². The molecule has 3 aromatic rings. The number of nitrogens with two attached hydrogens (primary N) is 1. The molecule has 0 aromatic heterocycles. The number of halogens is 1. The van der Waals surface area contributed by atoms with Crippen LogP contribution in [0.4, 0.5) is 11.4 Å². The molecule has 0 unspecified atom stereocenters. The summed E-state index contributed by atoms with van der Waals surface area (Å²) in [5.41, 5.74) is 6.51. The maximum atomic E-state index is 12.7. The first kappa shape index (κ1) is 14.7. The first-order valence-corrected chi connectivity index (χ1v) is 8.40. The van der Waals surface area contributed by atoms with Gasteiger partial charge in [-0.1, -0.05) is 48.0 Å². The zero-order valence-corrected chi connectivity index (χ0v) is 13.0. The van der Waals surface area contributed by atoms with Crippen LogP contribution in [0.2, 0.25) is 5.02 Å². The van der Waals surface area contributed by atoms with Crippen LogP contribution in [0.3, 0.4) is 0 Å². The van der Waals surface area contributed by atoms with Crippen molar-refractivity contribution < 1.29 is 8.42 Å². The van der Waals surface area contributed by atoms with E-state index in [1.165, 1.54) is 0 Å². The van der Waals surface area contributed by atoms with Gasteiger partial charge in [-0.05, 0) is 24.3 Å². The van der Waals surface area contributed by atoms with E-state index in [9.17, 15) is 8.42 Å². The zero-order chi connectivity index (χ0) is 15.7. The Morgan fingerprint density at radius 3 is 2.32 bits per heavy atom. The summed E-state index contributed by atoms with van der Waals surface area (Å²) in [6, 6.07) is 16.9. The van der Waals surface area contributed by atoms with Crippen LogP contribution in [0.5, 0.6) is 0 Å². The van der Waals surface area contributed by atoms with E-state index in [1.807, 2.05) is 0 Å². The molecular formula is C16H13ClN2O2S. The highest BCUT2D eigenvalue weighted by Gasteiger charge is 2.18. The fourth-order valence-corrected chi connectivity index (χ4v) is 3.81. The topological polar surface area (TPSA) is 72.2 Å². The van der Waals surface area contributed by atoms with E-state index < -0.39 is 10.0 Å². The molecule has 3 rings (SSSR count). The van der Waals surface area contributed by atoms with Gasteiger partial charge in [-0.2, -0.15) is 0 Å². The van der Waals surface area contributed by atoms with E-state index in [-0.39, 0.29) is 4.90 Å². The monoisotopic (exact) mass is 332 g/mol. The van der Waals surface area contributed by atoms with Crippen LogP contribution >= 0.6 is 11.6 Å². The van der Waals surface area contributed by atoms with Crippen molar-refractivity contribution >= 4 is 43.8 Å². The highest BCUT2D eigenvalue weighted by atomic mass is 35.5. The molecule has 6 heteroatoms. The average molecular weight is 333 g/mol. The molecular weight excluding hydrogens is 320 g/mol. The van der Waals surface area contributed by atoms with Gasteiger partial charge in [0.2, 0.25) is 0 Å². The summed E-state index contributed by atoms with van der Waals surface area (Å²) in [6.07, 6.45) is 0. The number of para-hydroxylation sites is 2. The zero-order valence-electron chi connectivity index (χ0n) is 11.5. The number of nitrogen functional groups attached to an aromatic ring is 1. The molecule has 0 amide bonds. The summed E-state index contributed by atoms with van der Waals surface area (Å²) in [5.74, 6) is 0. The van der Waals surface area contributed by atoms with Crippen LogP contribution in [0.25, 0.3) is 10.8 Å². The summed E-state index contributed by atoms with van der Waals surface area (Å²) < 4.78 is 27.9. The minimum absolute atomic E-state index is 0.163. The second-order valence-corrected chi connectivity index (χ2v) is 6.84. The predicted octanol–water partition coefficient (Wildman–Crippen LogP) is 3.88. The van der Waals surface area contributed by atoms with Crippen molar-refractivity contribution in [1.29, 1.82) is 0 Å². The van der Waals surface area contributed by atoms with E-state index in [0.717, 1.165) is 0 Å². The number of hydrogen-bond acceptors (Lipinski definition) is 3. The van der Waals surface area contributed by atoms with Gasteiger partial charge < -0.3 is 5.73 Å². The van der Waals surface area contributed by atoms with E-state index in [4.69, 9.17) is 17.3 Å². The Balaban J connectivity index is 2.14. The summed E-state index contributed by atoms with van der Waals surface area (Å²) in [7, 11) is -3.77. The van der Waals surface area contributed by atoms with Gasteiger partial charge in [-0.25, -0.2) is 8.42 Å². The van der Waals surface area contributed by atoms with Crippen LogP contribution in [0.1, 0.15) is 0 Å². The fourth-order valence-electron chi connectivity index (χ4n) is 2.27. The number of benzene rings is 3. The Bertz CT molecular complexity index is 955. The Kier molecular flexibility index (Phi) is 3.68. The Labute approximate surface area is 133 Å². The summed E-state index contributed by atoms with van der Waals surface area (Å²) in [5, 5.41) is 1.76. The molecule has 112 valence electrons. The number of sulfonamides is 1. The predicted molar refractivity (Wildman–Crippen MR) is 90.6 cm³/mol. The molecule has 0 spiro atoms. The van der Waals surface area contributed by atoms with Crippen molar-refractivity contribution in [3.05, 3.63) is 65.7 Å². The number of rotatable bonds is 3. The van der Waals surface area contributed by atoms with E-state index >= 15 is 0 Å². The van der Waals surface area contributed by atoms with Crippen molar-refractivity contribution in [2.75, 3.05) is 10.5 Å². The summed E-state index contributed by atoms with van der Waals surface area (Å²) in [4.78, 5) is 0.163. The fraction of sp³-hybridized carbons (Fsp3) is 0. The molecule has 0 radical (unpaired) electrons. The highest BCUT2D eigenvalue weighted by molar-refractivity contribution is 7.93.